The monoisotopic (exact) mass is 486 g/mol. The lowest BCUT2D eigenvalue weighted by Gasteiger charge is -2.25. The third-order valence-corrected chi connectivity index (χ3v) is 5.46. The standard InChI is InChI=1S/C24H28F2N6O3/c1-24(2,3)35-23(34)28-9-8-27-22(33)18-13-29-32-10-7-20(30-21(18)32)31-14-17(26)12-19(31)15-5-4-6-16(25)11-15/h4-7,10-11,13,17,19H,8-9,12,14H2,1-3H3,(H,27,33)(H,28,34)/t17-,19+/m0/s1. The fourth-order valence-electron chi connectivity index (χ4n) is 4.00. The van der Waals surface area contributed by atoms with E-state index in [2.05, 4.69) is 20.7 Å². The predicted molar refractivity (Wildman–Crippen MR) is 126 cm³/mol. The number of amides is 2. The number of ether oxygens (including phenoxy) is 1. The van der Waals surface area contributed by atoms with Crippen molar-refractivity contribution in [1.29, 1.82) is 0 Å². The first-order valence-corrected chi connectivity index (χ1v) is 11.4. The molecule has 2 amide bonds. The van der Waals surface area contributed by atoms with Crippen molar-refractivity contribution >= 4 is 23.5 Å². The Morgan fingerprint density at radius 1 is 1.20 bits per heavy atom. The fraction of sp³-hybridized carbons (Fsp3) is 0.417. The van der Waals surface area contributed by atoms with E-state index in [9.17, 15) is 18.4 Å². The van der Waals surface area contributed by atoms with Gasteiger partial charge in [-0.2, -0.15) is 5.10 Å². The van der Waals surface area contributed by atoms with Crippen molar-refractivity contribution in [3.8, 4) is 0 Å². The smallest absolute Gasteiger partial charge is 0.407 e. The van der Waals surface area contributed by atoms with Gasteiger partial charge in [-0.05, 0) is 44.5 Å². The Labute approximate surface area is 201 Å². The maximum absolute atomic E-state index is 14.4. The molecule has 186 valence electrons. The third-order valence-electron chi connectivity index (χ3n) is 5.46. The topological polar surface area (TPSA) is 101 Å². The van der Waals surface area contributed by atoms with Crippen LogP contribution < -0.4 is 15.5 Å². The van der Waals surface area contributed by atoms with E-state index in [0.29, 0.717) is 17.0 Å². The number of rotatable bonds is 6. The van der Waals surface area contributed by atoms with Crippen LogP contribution in [0.25, 0.3) is 5.65 Å². The molecule has 0 spiro atoms. The van der Waals surface area contributed by atoms with Gasteiger partial charge in [0.1, 0.15) is 29.0 Å². The molecule has 1 aromatic carbocycles. The summed E-state index contributed by atoms with van der Waals surface area (Å²) in [6.07, 6.45) is 1.60. The Morgan fingerprint density at radius 3 is 2.71 bits per heavy atom. The van der Waals surface area contributed by atoms with Gasteiger partial charge in [0.2, 0.25) is 0 Å². The molecule has 1 fully saturated rings. The van der Waals surface area contributed by atoms with Gasteiger partial charge in [0.25, 0.3) is 5.91 Å². The van der Waals surface area contributed by atoms with Crippen LogP contribution in [0.15, 0.2) is 42.7 Å². The van der Waals surface area contributed by atoms with Crippen LogP contribution in [0.4, 0.5) is 19.4 Å². The largest absolute Gasteiger partial charge is 0.444 e. The molecule has 2 N–H and O–H groups in total. The molecule has 0 aliphatic carbocycles. The molecule has 4 rings (SSSR count). The summed E-state index contributed by atoms with van der Waals surface area (Å²) >= 11 is 0. The van der Waals surface area contributed by atoms with Gasteiger partial charge in [0, 0.05) is 25.7 Å². The van der Waals surface area contributed by atoms with Crippen LogP contribution in [0.1, 0.15) is 49.2 Å². The summed E-state index contributed by atoms with van der Waals surface area (Å²) in [4.78, 5) is 30.8. The molecule has 0 saturated carbocycles. The number of halogens is 2. The summed E-state index contributed by atoms with van der Waals surface area (Å²) in [5, 5.41) is 9.45. The number of benzene rings is 1. The molecule has 11 heteroatoms. The van der Waals surface area contributed by atoms with Crippen molar-refractivity contribution in [2.24, 2.45) is 0 Å². The molecule has 1 aliphatic heterocycles. The first-order valence-electron chi connectivity index (χ1n) is 11.4. The molecular formula is C24H28F2N6O3. The van der Waals surface area contributed by atoms with Crippen molar-refractivity contribution in [2.45, 2.75) is 45.0 Å². The highest BCUT2D eigenvalue weighted by Gasteiger charge is 2.34. The highest BCUT2D eigenvalue weighted by Crippen LogP contribution is 2.37. The number of hydrogen-bond donors (Lipinski definition) is 2. The molecule has 1 aliphatic rings. The van der Waals surface area contributed by atoms with E-state index in [1.807, 2.05) is 0 Å². The summed E-state index contributed by atoms with van der Waals surface area (Å²) in [7, 11) is 0. The average Bonchev–Trinajstić information content (AvgIpc) is 3.38. The maximum atomic E-state index is 14.4. The first kappa shape index (κ1) is 24.4. The summed E-state index contributed by atoms with van der Waals surface area (Å²) in [6.45, 7) is 5.74. The SMILES string of the molecule is CC(C)(C)OC(=O)NCCNC(=O)c1cnn2ccc(N3C[C@@H](F)C[C@@H]3c3cccc(F)c3)nc12. The Bertz CT molecular complexity index is 1230. The van der Waals surface area contributed by atoms with Gasteiger partial charge in [0.05, 0.1) is 18.8 Å². The number of aromatic nitrogens is 3. The molecule has 1 saturated heterocycles. The molecule has 3 heterocycles. The van der Waals surface area contributed by atoms with Crippen LogP contribution in [0.2, 0.25) is 0 Å². The van der Waals surface area contributed by atoms with Gasteiger partial charge in [-0.15, -0.1) is 0 Å². The van der Waals surface area contributed by atoms with E-state index in [4.69, 9.17) is 4.74 Å². The molecule has 2 aromatic heterocycles. The van der Waals surface area contributed by atoms with Crippen LogP contribution in [-0.4, -0.2) is 58.0 Å². The Balaban J connectivity index is 1.46. The molecular weight excluding hydrogens is 458 g/mol. The minimum Gasteiger partial charge on any atom is -0.444 e. The van der Waals surface area contributed by atoms with Crippen LogP contribution in [-0.2, 0) is 4.74 Å². The van der Waals surface area contributed by atoms with Crippen LogP contribution in [0, 0.1) is 5.82 Å². The summed E-state index contributed by atoms with van der Waals surface area (Å²) in [6, 6.07) is 7.42. The number of nitrogens with zero attached hydrogens (tertiary/aromatic N) is 4. The van der Waals surface area contributed by atoms with E-state index >= 15 is 0 Å². The maximum Gasteiger partial charge on any atom is 0.407 e. The molecule has 35 heavy (non-hydrogen) atoms. The van der Waals surface area contributed by atoms with Crippen LogP contribution >= 0.6 is 0 Å². The lowest BCUT2D eigenvalue weighted by molar-refractivity contribution is 0.0526. The molecule has 0 radical (unpaired) electrons. The number of alkyl halides is 1. The zero-order valence-electron chi connectivity index (χ0n) is 19.8. The van der Waals surface area contributed by atoms with Gasteiger partial charge in [-0.1, -0.05) is 12.1 Å². The van der Waals surface area contributed by atoms with E-state index in [-0.39, 0.29) is 43.5 Å². The lowest BCUT2D eigenvalue weighted by atomic mass is 10.0. The minimum absolute atomic E-state index is 0.107. The van der Waals surface area contributed by atoms with Gasteiger partial charge >= 0.3 is 6.09 Å². The zero-order chi connectivity index (χ0) is 25.2. The summed E-state index contributed by atoms with van der Waals surface area (Å²) in [5.41, 5.74) is 0.595. The number of carbonyl (C=O) groups excluding carboxylic acids is 2. The number of fused-ring (bicyclic) bond motifs is 1. The van der Waals surface area contributed by atoms with Crippen LogP contribution in [0.3, 0.4) is 0 Å². The van der Waals surface area contributed by atoms with Gasteiger partial charge < -0.3 is 20.3 Å². The number of hydrogen-bond acceptors (Lipinski definition) is 6. The Hall–Kier alpha value is -3.76. The Kier molecular flexibility index (Phi) is 6.86. The van der Waals surface area contributed by atoms with E-state index < -0.39 is 23.8 Å². The molecule has 3 aromatic rings. The fourth-order valence-corrected chi connectivity index (χ4v) is 4.00. The number of anilines is 1. The highest BCUT2D eigenvalue weighted by molar-refractivity contribution is 5.99. The zero-order valence-corrected chi connectivity index (χ0v) is 19.8. The quantitative estimate of drug-likeness (QED) is 0.518. The summed E-state index contributed by atoms with van der Waals surface area (Å²) < 4.78 is 34.8. The molecule has 0 unspecified atom stereocenters. The minimum atomic E-state index is -1.09. The van der Waals surface area contributed by atoms with Crippen molar-refractivity contribution < 1.29 is 23.1 Å². The predicted octanol–water partition coefficient (Wildman–Crippen LogP) is 3.41. The van der Waals surface area contributed by atoms with E-state index in [1.165, 1.54) is 22.8 Å². The number of nitrogens with one attached hydrogen (secondary N) is 2. The second-order valence-corrected chi connectivity index (χ2v) is 9.35. The van der Waals surface area contributed by atoms with Gasteiger partial charge in [-0.3, -0.25) is 4.79 Å². The van der Waals surface area contributed by atoms with Crippen molar-refractivity contribution in [3.05, 3.63) is 59.7 Å². The van der Waals surface area contributed by atoms with Crippen molar-refractivity contribution in [2.75, 3.05) is 24.5 Å². The van der Waals surface area contributed by atoms with E-state index in [1.54, 1.807) is 50.1 Å². The second-order valence-electron chi connectivity index (χ2n) is 9.35. The first-order chi connectivity index (χ1) is 16.6. The number of alkyl carbamates (subject to hydrolysis) is 1. The second kappa shape index (κ2) is 9.85. The summed E-state index contributed by atoms with van der Waals surface area (Å²) in [5.74, 6) is -0.334. The number of carbonyl (C=O) groups is 2. The van der Waals surface area contributed by atoms with Crippen molar-refractivity contribution in [1.82, 2.24) is 25.2 Å². The molecule has 0 bridgehead atoms. The van der Waals surface area contributed by atoms with Crippen molar-refractivity contribution in [3.63, 3.8) is 0 Å². The lowest BCUT2D eigenvalue weighted by Crippen LogP contribution is -2.37. The molecule has 9 nitrogen and oxygen atoms in total. The highest BCUT2D eigenvalue weighted by atomic mass is 19.1. The van der Waals surface area contributed by atoms with E-state index in [0.717, 1.165) is 0 Å². The Morgan fingerprint density at radius 2 is 1.97 bits per heavy atom. The van der Waals surface area contributed by atoms with Gasteiger partial charge in [0.15, 0.2) is 5.65 Å². The van der Waals surface area contributed by atoms with Crippen LogP contribution in [0.5, 0.6) is 0 Å². The normalized spacial score (nSPS) is 18.0. The van der Waals surface area contributed by atoms with Gasteiger partial charge in [-0.25, -0.2) is 23.1 Å². The third kappa shape index (κ3) is 5.84. The average molecular weight is 487 g/mol. The molecule has 2 atom stereocenters.